The molecule has 2 heterocycles. The lowest BCUT2D eigenvalue weighted by Gasteiger charge is -2.23. The number of benzene rings is 1. The first-order valence-electron chi connectivity index (χ1n) is 8.61. The summed E-state index contributed by atoms with van der Waals surface area (Å²) in [5.74, 6) is -0.383. The fraction of sp³-hybridized carbons (Fsp3) is 0.368. The number of likely N-dealkylation sites (N-methyl/N-ethyl adjacent to an activating group) is 1. The number of aromatic nitrogens is 1. The van der Waals surface area contributed by atoms with Crippen molar-refractivity contribution in [3.8, 4) is 0 Å². The van der Waals surface area contributed by atoms with Gasteiger partial charge < -0.3 is 14.6 Å². The first-order valence-corrected chi connectivity index (χ1v) is 9.49. The van der Waals surface area contributed by atoms with E-state index in [1.165, 1.54) is 4.88 Å². The molecule has 7 heteroatoms. The molecule has 1 amide bonds. The van der Waals surface area contributed by atoms with Gasteiger partial charge >= 0.3 is 5.76 Å². The highest BCUT2D eigenvalue weighted by atomic mass is 32.1. The second-order valence-electron chi connectivity index (χ2n) is 6.39. The molecule has 26 heavy (non-hydrogen) atoms. The van der Waals surface area contributed by atoms with E-state index in [0.29, 0.717) is 31.5 Å². The van der Waals surface area contributed by atoms with Crippen LogP contribution in [0, 0.1) is 0 Å². The van der Waals surface area contributed by atoms with Gasteiger partial charge in [-0.25, -0.2) is 4.79 Å². The number of thiophene rings is 1. The van der Waals surface area contributed by atoms with Crippen LogP contribution in [-0.2, 0) is 11.3 Å². The Morgan fingerprint density at radius 2 is 2.08 bits per heavy atom. The number of aryl methyl sites for hydroxylation is 1. The highest BCUT2D eigenvalue weighted by molar-refractivity contribution is 7.10. The molecule has 0 bridgehead atoms. The van der Waals surface area contributed by atoms with Gasteiger partial charge in [-0.1, -0.05) is 18.2 Å². The van der Waals surface area contributed by atoms with Crippen molar-refractivity contribution in [2.24, 2.45) is 0 Å². The molecule has 1 aromatic carbocycles. The van der Waals surface area contributed by atoms with Gasteiger partial charge in [0.2, 0.25) is 5.91 Å². The third-order valence-electron chi connectivity index (χ3n) is 4.35. The van der Waals surface area contributed by atoms with Crippen LogP contribution in [0.25, 0.3) is 11.1 Å². The lowest BCUT2D eigenvalue weighted by atomic mass is 10.2. The molecule has 0 fully saturated rings. The summed E-state index contributed by atoms with van der Waals surface area (Å²) in [7, 11) is 4.01. The Bertz CT molecular complexity index is 912. The first-order chi connectivity index (χ1) is 12.6. The van der Waals surface area contributed by atoms with E-state index in [-0.39, 0.29) is 17.7 Å². The third-order valence-corrected chi connectivity index (χ3v) is 5.32. The molecule has 3 rings (SSSR count). The van der Waals surface area contributed by atoms with Crippen molar-refractivity contribution >= 4 is 28.3 Å². The van der Waals surface area contributed by atoms with Gasteiger partial charge in [-0.05, 0) is 44.1 Å². The Morgan fingerprint density at radius 3 is 2.81 bits per heavy atom. The molecule has 2 aromatic heterocycles. The van der Waals surface area contributed by atoms with Gasteiger partial charge in [0.1, 0.15) is 0 Å². The quantitative estimate of drug-likeness (QED) is 0.659. The number of fused-ring (bicyclic) bond motifs is 1. The standard InChI is InChI=1S/C19H23N3O3S/c1-21(2)15(17-9-6-12-26-17)13-20-18(23)10-5-11-22-14-7-3-4-8-16(14)25-19(22)24/h3-4,6-9,12,15H,5,10-11,13H2,1-2H3,(H,20,23). The smallest absolute Gasteiger partial charge is 0.408 e. The summed E-state index contributed by atoms with van der Waals surface area (Å²) >= 11 is 1.69. The average molecular weight is 373 g/mol. The third kappa shape index (κ3) is 4.23. The molecule has 3 aromatic rings. The zero-order valence-electron chi connectivity index (χ0n) is 15.0. The monoisotopic (exact) mass is 373 g/mol. The van der Waals surface area contributed by atoms with Crippen molar-refractivity contribution in [2.75, 3.05) is 20.6 Å². The second-order valence-corrected chi connectivity index (χ2v) is 7.37. The zero-order chi connectivity index (χ0) is 18.5. The van der Waals surface area contributed by atoms with Crippen LogP contribution in [0.15, 0.2) is 51.0 Å². The maximum atomic E-state index is 12.2. The van der Waals surface area contributed by atoms with Crippen molar-refractivity contribution in [1.29, 1.82) is 0 Å². The van der Waals surface area contributed by atoms with Crippen LogP contribution in [0.1, 0.15) is 23.8 Å². The zero-order valence-corrected chi connectivity index (χ0v) is 15.8. The summed E-state index contributed by atoms with van der Waals surface area (Å²) in [5.41, 5.74) is 1.34. The average Bonchev–Trinajstić information content (AvgIpc) is 3.23. The predicted octanol–water partition coefficient (Wildman–Crippen LogP) is 2.86. The number of hydrogen-bond acceptors (Lipinski definition) is 5. The molecular weight excluding hydrogens is 350 g/mol. The summed E-state index contributed by atoms with van der Waals surface area (Å²) in [5, 5.41) is 5.04. The highest BCUT2D eigenvalue weighted by Gasteiger charge is 2.16. The van der Waals surface area contributed by atoms with Gasteiger partial charge in [-0.15, -0.1) is 11.3 Å². The summed E-state index contributed by atoms with van der Waals surface area (Å²) < 4.78 is 6.79. The second kappa shape index (κ2) is 8.33. The number of para-hydroxylation sites is 2. The maximum absolute atomic E-state index is 12.2. The highest BCUT2D eigenvalue weighted by Crippen LogP contribution is 2.22. The number of nitrogens with zero attached hydrogens (tertiary/aromatic N) is 2. The lowest BCUT2D eigenvalue weighted by Crippen LogP contribution is -2.34. The summed E-state index contributed by atoms with van der Waals surface area (Å²) in [6.07, 6.45) is 0.956. The van der Waals surface area contributed by atoms with E-state index in [9.17, 15) is 9.59 Å². The van der Waals surface area contributed by atoms with Crippen LogP contribution in [0.3, 0.4) is 0 Å². The molecule has 1 N–H and O–H groups in total. The molecule has 0 aliphatic rings. The minimum atomic E-state index is -0.378. The first kappa shape index (κ1) is 18.4. The summed E-state index contributed by atoms with van der Waals surface area (Å²) in [6.45, 7) is 1.03. The summed E-state index contributed by atoms with van der Waals surface area (Å²) in [4.78, 5) is 27.4. The number of amides is 1. The van der Waals surface area contributed by atoms with E-state index < -0.39 is 0 Å². The van der Waals surface area contributed by atoms with Crippen molar-refractivity contribution in [1.82, 2.24) is 14.8 Å². The van der Waals surface area contributed by atoms with Crippen LogP contribution < -0.4 is 11.1 Å². The fourth-order valence-electron chi connectivity index (χ4n) is 2.94. The number of nitrogens with one attached hydrogen (secondary N) is 1. The molecule has 0 saturated heterocycles. The molecule has 0 aliphatic carbocycles. The number of oxazole rings is 1. The van der Waals surface area contributed by atoms with E-state index in [4.69, 9.17) is 4.42 Å². The van der Waals surface area contributed by atoms with Crippen LogP contribution in [0.5, 0.6) is 0 Å². The normalized spacial score (nSPS) is 12.6. The van der Waals surface area contributed by atoms with E-state index >= 15 is 0 Å². The molecule has 0 saturated carbocycles. The molecular formula is C19H23N3O3S. The van der Waals surface area contributed by atoms with Gasteiger partial charge in [-0.3, -0.25) is 9.36 Å². The van der Waals surface area contributed by atoms with E-state index in [0.717, 1.165) is 5.52 Å². The molecule has 138 valence electrons. The number of hydrogen-bond donors (Lipinski definition) is 1. The maximum Gasteiger partial charge on any atom is 0.419 e. The minimum absolute atomic E-state index is 0.00532. The molecule has 0 radical (unpaired) electrons. The van der Waals surface area contributed by atoms with Gasteiger partial charge in [0.25, 0.3) is 0 Å². The van der Waals surface area contributed by atoms with Gasteiger partial charge in [0.05, 0.1) is 11.6 Å². The summed E-state index contributed by atoms with van der Waals surface area (Å²) in [6, 6.07) is 11.6. The van der Waals surface area contributed by atoms with Crippen molar-refractivity contribution in [3.05, 3.63) is 57.2 Å². The van der Waals surface area contributed by atoms with E-state index in [1.54, 1.807) is 22.0 Å². The van der Waals surface area contributed by atoms with Gasteiger partial charge in [-0.2, -0.15) is 0 Å². The number of carbonyl (C=O) groups excluding carboxylic acids is 1. The fourth-order valence-corrected chi connectivity index (χ4v) is 3.86. The predicted molar refractivity (Wildman–Crippen MR) is 103 cm³/mol. The van der Waals surface area contributed by atoms with E-state index in [2.05, 4.69) is 16.3 Å². The Kier molecular flexibility index (Phi) is 5.90. The largest absolute Gasteiger partial charge is 0.419 e. The van der Waals surface area contributed by atoms with Gasteiger partial charge in [0.15, 0.2) is 5.58 Å². The van der Waals surface area contributed by atoms with Crippen LogP contribution in [0.2, 0.25) is 0 Å². The van der Waals surface area contributed by atoms with Crippen LogP contribution in [-0.4, -0.2) is 36.0 Å². The SMILES string of the molecule is CN(C)C(CNC(=O)CCCn1c(=O)oc2ccccc21)c1cccs1. The van der Waals surface area contributed by atoms with Crippen LogP contribution >= 0.6 is 11.3 Å². The molecule has 6 nitrogen and oxygen atoms in total. The van der Waals surface area contributed by atoms with Crippen molar-refractivity contribution < 1.29 is 9.21 Å². The van der Waals surface area contributed by atoms with Crippen LogP contribution in [0.4, 0.5) is 0 Å². The van der Waals surface area contributed by atoms with Crippen molar-refractivity contribution in [2.45, 2.75) is 25.4 Å². The lowest BCUT2D eigenvalue weighted by molar-refractivity contribution is -0.121. The molecule has 0 spiro atoms. The molecule has 1 atom stereocenters. The molecule has 1 unspecified atom stereocenters. The van der Waals surface area contributed by atoms with Crippen molar-refractivity contribution in [3.63, 3.8) is 0 Å². The van der Waals surface area contributed by atoms with Gasteiger partial charge in [0, 0.05) is 24.4 Å². The Balaban J connectivity index is 1.51. The Labute approximate surface area is 156 Å². The Hall–Kier alpha value is -2.38. The topological polar surface area (TPSA) is 67.5 Å². The minimum Gasteiger partial charge on any atom is -0.408 e. The Morgan fingerprint density at radius 1 is 1.27 bits per heavy atom. The number of rotatable bonds is 8. The molecule has 0 aliphatic heterocycles. The van der Waals surface area contributed by atoms with E-state index in [1.807, 2.05) is 43.7 Å². The number of carbonyl (C=O) groups is 1.